The normalized spacial score (nSPS) is 12.9. The summed E-state index contributed by atoms with van der Waals surface area (Å²) < 4.78 is 49.1. The lowest BCUT2D eigenvalue weighted by Gasteiger charge is -2.34. The van der Waals surface area contributed by atoms with E-state index in [1.807, 2.05) is 72.8 Å². The van der Waals surface area contributed by atoms with E-state index < -0.39 is 18.5 Å². The van der Waals surface area contributed by atoms with Gasteiger partial charge in [0.15, 0.2) is 8.32 Å². The third kappa shape index (κ3) is 8.58. The van der Waals surface area contributed by atoms with Gasteiger partial charge in [-0.05, 0) is 59.6 Å². The first-order valence-electron chi connectivity index (χ1n) is 16.7. The molecule has 0 fully saturated rings. The molecule has 0 bridgehead atoms. The Bertz CT molecular complexity index is 1890. The van der Waals surface area contributed by atoms with Crippen molar-refractivity contribution >= 4 is 46.0 Å². The first-order chi connectivity index (χ1) is 23.2. The van der Waals surface area contributed by atoms with Gasteiger partial charge in [-0.1, -0.05) is 75.4 Å². The summed E-state index contributed by atoms with van der Waals surface area (Å²) in [5.41, 5.74) is 4.40. The number of anilines is 1. The lowest BCUT2D eigenvalue weighted by molar-refractivity contribution is 0.183. The fourth-order valence-corrected chi connectivity index (χ4v) is 9.29. The van der Waals surface area contributed by atoms with Crippen LogP contribution in [0, 0.1) is 0 Å². The molecule has 48 heavy (non-hydrogen) atoms. The van der Waals surface area contributed by atoms with Gasteiger partial charge in [-0.3, -0.25) is 4.72 Å². The summed E-state index contributed by atoms with van der Waals surface area (Å²) in [7, 11) is -2.82. The van der Waals surface area contributed by atoms with Crippen molar-refractivity contribution in [3.63, 3.8) is 0 Å². The molecular formula is C37H48N4O5SSi. The van der Waals surface area contributed by atoms with Crippen molar-refractivity contribution in [2.75, 3.05) is 38.5 Å². The van der Waals surface area contributed by atoms with Gasteiger partial charge in [0, 0.05) is 49.5 Å². The molecule has 0 saturated carbocycles. The van der Waals surface area contributed by atoms with Crippen LogP contribution in [0.5, 0.6) is 11.5 Å². The molecule has 0 aliphatic rings. The van der Waals surface area contributed by atoms with Gasteiger partial charge in [0.25, 0.3) is 0 Å². The Morgan fingerprint density at radius 3 is 2.25 bits per heavy atom. The summed E-state index contributed by atoms with van der Waals surface area (Å²) in [5, 5.41) is 5.92. The molecule has 3 N–H and O–H groups in total. The van der Waals surface area contributed by atoms with Crippen LogP contribution in [0.4, 0.5) is 5.69 Å². The van der Waals surface area contributed by atoms with E-state index in [1.165, 1.54) is 24.9 Å². The average Bonchev–Trinajstić information content (AvgIpc) is 3.47. The van der Waals surface area contributed by atoms with E-state index in [0.29, 0.717) is 37.7 Å². The van der Waals surface area contributed by atoms with Crippen LogP contribution in [0.25, 0.3) is 21.8 Å². The molecule has 0 aliphatic carbocycles. The monoisotopic (exact) mass is 688 g/mol. The molecule has 0 unspecified atom stereocenters. The molecule has 1 heterocycles. The smallest absolute Gasteiger partial charge is 0.301 e. The van der Waals surface area contributed by atoms with Crippen LogP contribution in [0.15, 0.2) is 91.0 Å². The van der Waals surface area contributed by atoms with Gasteiger partial charge in [0.1, 0.15) is 24.7 Å². The molecule has 0 amide bonds. The van der Waals surface area contributed by atoms with Crippen molar-refractivity contribution in [2.45, 2.75) is 51.6 Å². The van der Waals surface area contributed by atoms with Crippen molar-refractivity contribution in [1.29, 1.82) is 0 Å². The van der Waals surface area contributed by atoms with Crippen molar-refractivity contribution in [3.8, 4) is 11.5 Å². The fraction of sp³-hybridized carbons (Fsp3) is 0.351. The van der Waals surface area contributed by atoms with Crippen LogP contribution in [-0.2, 0) is 21.2 Å². The Labute approximate surface area is 285 Å². The molecule has 1 atom stereocenters. The zero-order valence-electron chi connectivity index (χ0n) is 28.6. The second kappa shape index (κ2) is 16.0. The Balaban J connectivity index is 1.32. The topological polar surface area (TPSA) is 105 Å². The average molecular weight is 689 g/mol. The van der Waals surface area contributed by atoms with Gasteiger partial charge < -0.3 is 24.2 Å². The number of hydrogen-bond donors (Lipinski definition) is 3. The standard InChI is InChI=1S/C37H48N4O5SSi/c1-6-48(7-2,8-3)46-37(26-38-22-23-44-30-19-20-32-31-16-12-13-17-33(31)39-34(32)25-30)29-18-21-36(45-27-28-14-10-9-11-15-28)35(24-29)40-47(42,43)41(4)5/h9-21,24-25,37-40H,6-8,22-23,26-27H2,1-5H3/t37-/m1/s1. The van der Waals surface area contributed by atoms with E-state index in [4.69, 9.17) is 13.9 Å². The van der Waals surface area contributed by atoms with E-state index in [9.17, 15) is 8.42 Å². The van der Waals surface area contributed by atoms with Gasteiger partial charge in [0.2, 0.25) is 0 Å². The van der Waals surface area contributed by atoms with E-state index in [0.717, 1.165) is 50.3 Å². The van der Waals surface area contributed by atoms with E-state index in [1.54, 1.807) is 0 Å². The number of ether oxygens (including phenoxy) is 2. The van der Waals surface area contributed by atoms with Gasteiger partial charge in [-0.15, -0.1) is 0 Å². The van der Waals surface area contributed by atoms with Crippen molar-refractivity contribution < 1.29 is 22.3 Å². The number of hydrogen-bond acceptors (Lipinski definition) is 6. The second-order valence-electron chi connectivity index (χ2n) is 12.2. The highest BCUT2D eigenvalue weighted by Gasteiger charge is 2.33. The minimum absolute atomic E-state index is 0.287. The Morgan fingerprint density at radius 2 is 1.52 bits per heavy atom. The minimum atomic E-state index is -3.78. The van der Waals surface area contributed by atoms with Crippen LogP contribution in [0.1, 0.15) is 38.0 Å². The number of nitrogens with one attached hydrogen (secondary N) is 3. The Morgan fingerprint density at radius 1 is 0.812 bits per heavy atom. The molecule has 11 heteroatoms. The summed E-state index contributed by atoms with van der Waals surface area (Å²) in [4.78, 5) is 3.47. The third-order valence-electron chi connectivity index (χ3n) is 9.01. The molecule has 0 aliphatic heterocycles. The predicted octanol–water partition coefficient (Wildman–Crippen LogP) is 7.85. The summed E-state index contributed by atoms with van der Waals surface area (Å²) in [6, 6.07) is 32.9. The van der Waals surface area contributed by atoms with Crippen LogP contribution in [0.2, 0.25) is 18.1 Å². The maximum atomic E-state index is 13.0. The van der Waals surface area contributed by atoms with Gasteiger partial charge in [-0.25, -0.2) is 0 Å². The lowest BCUT2D eigenvalue weighted by Crippen LogP contribution is -2.40. The number of para-hydroxylation sites is 1. The van der Waals surface area contributed by atoms with Crippen molar-refractivity contribution in [3.05, 3.63) is 102 Å². The second-order valence-corrected chi connectivity index (χ2v) is 18.8. The molecule has 5 aromatic rings. The number of fused-ring (bicyclic) bond motifs is 3. The highest BCUT2D eigenvalue weighted by Crippen LogP contribution is 2.35. The number of rotatable bonds is 18. The molecule has 0 spiro atoms. The largest absolute Gasteiger partial charge is 0.492 e. The zero-order valence-corrected chi connectivity index (χ0v) is 30.4. The maximum Gasteiger partial charge on any atom is 0.301 e. The van der Waals surface area contributed by atoms with Crippen LogP contribution < -0.4 is 19.5 Å². The van der Waals surface area contributed by atoms with E-state index >= 15 is 0 Å². The molecule has 1 aromatic heterocycles. The molecule has 0 saturated heterocycles. The summed E-state index contributed by atoms with van der Waals surface area (Å²) in [6.45, 7) is 8.57. The molecule has 4 aromatic carbocycles. The number of benzene rings is 4. The highest BCUT2D eigenvalue weighted by molar-refractivity contribution is 7.90. The maximum absolute atomic E-state index is 13.0. The van der Waals surface area contributed by atoms with Crippen LogP contribution in [-0.4, -0.2) is 59.8 Å². The molecular weight excluding hydrogens is 641 g/mol. The molecule has 0 radical (unpaired) electrons. The Kier molecular flexibility index (Phi) is 11.8. The lowest BCUT2D eigenvalue weighted by atomic mass is 10.1. The van der Waals surface area contributed by atoms with Crippen molar-refractivity contribution in [2.24, 2.45) is 0 Å². The number of H-pyrrole nitrogens is 1. The SMILES string of the molecule is CC[Si](CC)(CC)O[C@H](CNCCOc1ccc2c(c1)[nH]c1ccccc12)c1ccc(OCc2ccccc2)c(NS(=O)(=O)N(C)C)c1. The number of aromatic nitrogens is 1. The quantitative estimate of drug-likeness (QED) is 0.0640. The van der Waals surface area contributed by atoms with Crippen LogP contribution in [0.3, 0.4) is 0 Å². The van der Waals surface area contributed by atoms with Gasteiger partial charge >= 0.3 is 10.2 Å². The number of nitrogens with zero attached hydrogens (tertiary/aromatic N) is 1. The van der Waals surface area contributed by atoms with E-state index in [2.05, 4.69) is 54.0 Å². The van der Waals surface area contributed by atoms with Gasteiger partial charge in [0.05, 0.1) is 17.3 Å². The molecule has 9 nitrogen and oxygen atoms in total. The van der Waals surface area contributed by atoms with Crippen molar-refractivity contribution in [1.82, 2.24) is 14.6 Å². The summed E-state index contributed by atoms with van der Waals surface area (Å²) >= 11 is 0. The highest BCUT2D eigenvalue weighted by atomic mass is 32.2. The summed E-state index contributed by atoms with van der Waals surface area (Å²) in [5.74, 6) is 1.26. The minimum Gasteiger partial charge on any atom is -0.492 e. The number of aromatic amines is 1. The first-order valence-corrected chi connectivity index (χ1v) is 20.7. The van der Waals surface area contributed by atoms with Gasteiger partial charge in [-0.2, -0.15) is 12.7 Å². The zero-order chi connectivity index (χ0) is 34.1. The fourth-order valence-electron chi connectivity index (χ4n) is 5.85. The summed E-state index contributed by atoms with van der Waals surface area (Å²) in [6.07, 6.45) is -0.287. The Hall–Kier alpha value is -3.87. The predicted molar refractivity (Wildman–Crippen MR) is 199 cm³/mol. The third-order valence-corrected chi connectivity index (χ3v) is 15.1. The molecule has 256 valence electrons. The van der Waals surface area contributed by atoms with Crippen LogP contribution >= 0.6 is 0 Å². The first kappa shape index (κ1) is 35.4. The molecule has 5 rings (SSSR count). The van der Waals surface area contributed by atoms with E-state index in [-0.39, 0.29) is 6.10 Å².